The fourth-order valence-corrected chi connectivity index (χ4v) is 2.48. The van der Waals surface area contributed by atoms with E-state index in [1.54, 1.807) is 0 Å². The number of hydrogen-bond acceptors (Lipinski definition) is 4. The second kappa shape index (κ2) is 4.89. The number of H-pyrrole nitrogens is 2. The molecule has 2 aromatic heterocycles. The van der Waals surface area contributed by atoms with Gasteiger partial charge in [0.2, 0.25) is 0 Å². The van der Waals surface area contributed by atoms with E-state index < -0.39 is 0 Å². The minimum Gasteiger partial charge on any atom is -0.367 e. The Hall–Kier alpha value is -2.08. The summed E-state index contributed by atoms with van der Waals surface area (Å²) in [5.74, 6) is 0.771. The molecule has 1 aliphatic heterocycles. The van der Waals surface area contributed by atoms with Crippen LogP contribution in [0.15, 0.2) is 23.3 Å². The molecule has 19 heavy (non-hydrogen) atoms. The summed E-state index contributed by atoms with van der Waals surface area (Å²) in [6.07, 6.45) is 4.69. The van der Waals surface area contributed by atoms with Crippen LogP contribution in [0.3, 0.4) is 0 Å². The molecule has 6 heteroatoms. The van der Waals surface area contributed by atoms with Crippen molar-refractivity contribution in [2.45, 2.75) is 19.5 Å². The second-order valence-electron chi connectivity index (χ2n) is 4.82. The van der Waals surface area contributed by atoms with Gasteiger partial charge in [-0.2, -0.15) is 4.98 Å². The maximum absolute atomic E-state index is 11.6. The first-order valence-corrected chi connectivity index (χ1v) is 6.39. The highest BCUT2D eigenvalue weighted by Gasteiger charge is 2.18. The number of nitrogens with zero attached hydrogens (tertiary/aromatic N) is 2. The molecule has 0 aromatic carbocycles. The second-order valence-corrected chi connectivity index (χ2v) is 4.82. The summed E-state index contributed by atoms with van der Waals surface area (Å²) >= 11 is 0. The van der Waals surface area contributed by atoms with Crippen molar-refractivity contribution in [3.05, 3.63) is 45.8 Å². The fraction of sp³-hybridized carbons (Fsp3) is 0.385. The number of aromatic amines is 2. The van der Waals surface area contributed by atoms with Crippen LogP contribution in [-0.2, 0) is 19.5 Å². The summed E-state index contributed by atoms with van der Waals surface area (Å²) in [5.41, 5.74) is 3.01. The maximum atomic E-state index is 11.6. The van der Waals surface area contributed by atoms with Crippen molar-refractivity contribution in [1.29, 1.82) is 0 Å². The molecule has 1 aliphatic rings. The lowest BCUT2D eigenvalue weighted by Gasteiger charge is -2.24. The van der Waals surface area contributed by atoms with Crippen LogP contribution in [0.5, 0.6) is 0 Å². The van der Waals surface area contributed by atoms with Gasteiger partial charge in [0, 0.05) is 56.8 Å². The van der Waals surface area contributed by atoms with Gasteiger partial charge in [-0.15, -0.1) is 0 Å². The van der Waals surface area contributed by atoms with E-state index in [0.717, 1.165) is 43.1 Å². The van der Waals surface area contributed by atoms with E-state index in [1.165, 1.54) is 5.56 Å². The predicted molar refractivity (Wildman–Crippen MR) is 73.2 cm³/mol. The number of aromatic nitrogens is 3. The van der Waals surface area contributed by atoms with Gasteiger partial charge in [-0.1, -0.05) is 0 Å². The lowest BCUT2D eigenvalue weighted by Crippen LogP contribution is -2.32. The molecule has 2 aromatic rings. The lowest BCUT2D eigenvalue weighted by molar-refractivity contribution is 0.619. The average molecular weight is 259 g/mol. The van der Waals surface area contributed by atoms with Crippen molar-refractivity contribution in [2.75, 3.05) is 18.5 Å². The Morgan fingerprint density at radius 3 is 3.16 bits per heavy atom. The van der Waals surface area contributed by atoms with Gasteiger partial charge in [-0.25, -0.2) is 4.79 Å². The molecule has 0 unspecified atom stereocenters. The summed E-state index contributed by atoms with van der Waals surface area (Å²) in [6, 6.07) is 2.02. The summed E-state index contributed by atoms with van der Waals surface area (Å²) in [6.45, 7) is 2.38. The normalized spacial score (nSPS) is 14.2. The molecule has 0 saturated heterocycles. The van der Waals surface area contributed by atoms with E-state index in [1.807, 2.05) is 30.4 Å². The Morgan fingerprint density at radius 2 is 2.37 bits per heavy atom. The molecule has 0 fully saturated rings. The zero-order valence-corrected chi connectivity index (χ0v) is 10.9. The Kier molecular flexibility index (Phi) is 3.08. The van der Waals surface area contributed by atoms with Crippen LogP contribution >= 0.6 is 0 Å². The molecule has 3 rings (SSSR count). The molecule has 0 spiro atoms. The number of anilines is 1. The molecule has 100 valence electrons. The van der Waals surface area contributed by atoms with E-state index >= 15 is 0 Å². The van der Waals surface area contributed by atoms with Crippen molar-refractivity contribution in [2.24, 2.45) is 0 Å². The van der Waals surface area contributed by atoms with Gasteiger partial charge in [0.05, 0.1) is 0 Å². The first kappa shape index (κ1) is 12.0. The molecule has 0 aliphatic carbocycles. The van der Waals surface area contributed by atoms with Crippen molar-refractivity contribution < 1.29 is 0 Å². The van der Waals surface area contributed by atoms with Crippen LogP contribution in [0.1, 0.15) is 16.8 Å². The number of rotatable bonds is 3. The first-order chi connectivity index (χ1) is 9.24. The third kappa shape index (κ3) is 2.39. The van der Waals surface area contributed by atoms with Gasteiger partial charge in [-0.05, 0) is 11.6 Å². The lowest BCUT2D eigenvalue weighted by atomic mass is 10.1. The molecule has 3 N–H and O–H groups in total. The smallest absolute Gasteiger partial charge is 0.347 e. The van der Waals surface area contributed by atoms with Crippen LogP contribution in [0, 0.1) is 0 Å². The number of hydrogen-bond donors (Lipinski definition) is 3. The highest BCUT2D eigenvalue weighted by Crippen LogP contribution is 2.21. The van der Waals surface area contributed by atoms with E-state index in [9.17, 15) is 4.79 Å². The average Bonchev–Trinajstić information content (AvgIpc) is 2.90. The predicted octanol–water partition coefficient (Wildman–Crippen LogP) is 0.380. The van der Waals surface area contributed by atoms with Gasteiger partial charge in [0.15, 0.2) is 0 Å². The molecular weight excluding hydrogens is 242 g/mol. The van der Waals surface area contributed by atoms with Crippen LogP contribution < -0.4 is 15.9 Å². The highest BCUT2D eigenvalue weighted by atomic mass is 16.1. The first-order valence-electron chi connectivity index (χ1n) is 6.39. The fourth-order valence-electron chi connectivity index (χ4n) is 2.48. The number of fused-ring (bicyclic) bond motifs is 1. The monoisotopic (exact) mass is 259 g/mol. The standard InChI is InChI=1S/C13H17N5O/c1-18(8-9-2-4-14-6-9)12-10-7-15-5-3-11(10)16-13(19)17-12/h2,4,6,14-15H,3,5,7-8H2,1H3,(H,16,17,19). The molecule has 0 atom stereocenters. The Morgan fingerprint density at radius 1 is 1.47 bits per heavy atom. The zero-order valence-electron chi connectivity index (χ0n) is 10.9. The molecule has 0 bridgehead atoms. The summed E-state index contributed by atoms with van der Waals surface area (Å²) in [7, 11) is 1.96. The Bertz CT molecular complexity index is 616. The quantitative estimate of drug-likeness (QED) is 0.745. The molecule has 6 nitrogen and oxygen atoms in total. The molecule has 3 heterocycles. The van der Waals surface area contributed by atoms with Gasteiger partial charge in [-0.3, -0.25) is 0 Å². The molecule has 0 amide bonds. The largest absolute Gasteiger partial charge is 0.367 e. The van der Waals surface area contributed by atoms with Crippen LogP contribution in [0.2, 0.25) is 0 Å². The zero-order chi connectivity index (χ0) is 13.2. The van der Waals surface area contributed by atoms with Gasteiger partial charge in [0.25, 0.3) is 0 Å². The topological polar surface area (TPSA) is 76.8 Å². The number of nitrogens with one attached hydrogen (secondary N) is 3. The molecular formula is C13H17N5O. The summed E-state index contributed by atoms with van der Waals surface area (Å²) < 4.78 is 0. The van der Waals surface area contributed by atoms with E-state index in [-0.39, 0.29) is 5.69 Å². The van der Waals surface area contributed by atoms with Gasteiger partial charge < -0.3 is 20.2 Å². The van der Waals surface area contributed by atoms with Crippen molar-refractivity contribution in [1.82, 2.24) is 20.3 Å². The van der Waals surface area contributed by atoms with E-state index in [4.69, 9.17) is 0 Å². The third-order valence-electron chi connectivity index (χ3n) is 3.40. The minimum absolute atomic E-state index is 0.267. The maximum Gasteiger partial charge on any atom is 0.347 e. The minimum atomic E-state index is -0.267. The van der Waals surface area contributed by atoms with Gasteiger partial charge in [0.1, 0.15) is 5.82 Å². The van der Waals surface area contributed by atoms with Crippen LogP contribution in [-0.4, -0.2) is 28.5 Å². The SMILES string of the molecule is CN(Cc1cc[nH]c1)c1nc(=O)[nH]c2c1CNCC2. The van der Waals surface area contributed by atoms with E-state index in [0.29, 0.717) is 0 Å². The Labute approximate surface area is 110 Å². The summed E-state index contributed by atoms with van der Waals surface area (Å²) in [5, 5.41) is 3.32. The third-order valence-corrected chi connectivity index (χ3v) is 3.40. The molecule has 0 saturated carbocycles. The highest BCUT2D eigenvalue weighted by molar-refractivity contribution is 5.49. The van der Waals surface area contributed by atoms with Crippen LogP contribution in [0.4, 0.5) is 5.82 Å². The van der Waals surface area contributed by atoms with Crippen molar-refractivity contribution in [3.63, 3.8) is 0 Å². The van der Waals surface area contributed by atoms with Gasteiger partial charge >= 0.3 is 5.69 Å². The van der Waals surface area contributed by atoms with Crippen LogP contribution in [0.25, 0.3) is 0 Å². The van der Waals surface area contributed by atoms with E-state index in [2.05, 4.69) is 20.3 Å². The molecule has 0 radical (unpaired) electrons. The van der Waals surface area contributed by atoms with Crippen molar-refractivity contribution in [3.8, 4) is 0 Å². The Balaban J connectivity index is 1.95. The van der Waals surface area contributed by atoms with Crippen molar-refractivity contribution >= 4 is 5.82 Å². The summed E-state index contributed by atoms with van der Waals surface area (Å²) in [4.78, 5) is 23.7.